The SMILES string of the molecule is CCCSSN1C=NCC1. The highest BCUT2D eigenvalue weighted by Crippen LogP contribution is 2.25. The number of rotatable bonds is 4. The molecule has 1 aliphatic heterocycles. The minimum absolute atomic E-state index is 0.972. The maximum Gasteiger partial charge on any atom is 0.0957 e. The fourth-order valence-corrected chi connectivity index (χ4v) is 2.71. The molecule has 0 unspecified atom stereocenters. The molecule has 0 saturated carbocycles. The highest BCUT2D eigenvalue weighted by Gasteiger charge is 2.04. The average molecular weight is 176 g/mol. The molecule has 0 atom stereocenters. The van der Waals surface area contributed by atoms with Gasteiger partial charge in [-0.25, -0.2) is 0 Å². The van der Waals surface area contributed by atoms with Crippen LogP contribution in [0.15, 0.2) is 4.99 Å². The molecule has 4 heteroatoms. The van der Waals surface area contributed by atoms with Crippen LogP contribution in [0, 0.1) is 0 Å². The molecule has 10 heavy (non-hydrogen) atoms. The summed E-state index contributed by atoms with van der Waals surface area (Å²) in [5.41, 5.74) is 0. The van der Waals surface area contributed by atoms with Crippen molar-refractivity contribution in [3.8, 4) is 0 Å². The second kappa shape index (κ2) is 4.91. The second-order valence-corrected chi connectivity index (χ2v) is 4.48. The van der Waals surface area contributed by atoms with Crippen molar-refractivity contribution in [2.24, 2.45) is 4.99 Å². The molecule has 58 valence electrons. The molecular weight excluding hydrogens is 164 g/mol. The predicted molar refractivity (Wildman–Crippen MR) is 50.4 cm³/mol. The van der Waals surface area contributed by atoms with Crippen molar-refractivity contribution in [3.63, 3.8) is 0 Å². The van der Waals surface area contributed by atoms with E-state index in [1.54, 1.807) is 0 Å². The van der Waals surface area contributed by atoms with Gasteiger partial charge < -0.3 is 0 Å². The first-order valence-corrected chi connectivity index (χ1v) is 5.77. The quantitative estimate of drug-likeness (QED) is 0.370. The van der Waals surface area contributed by atoms with Gasteiger partial charge in [0.25, 0.3) is 0 Å². The van der Waals surface area contributed by atoms with Crippen LogP contribution in [-0.2, 0) is 0 Å². The molecule has 0 aliphatic carbocycles. The van der Waals surface area contributed by atoms with Crippen molar-refractivity contribution in [2.75, 3.05) is 18.8 Å². The van der Waals surface area contributed by atoms with E-state index in [9.17, 15) is 0 Å². The van der Waals surface area contributed by atoms with Crippen LogP contribution in [0.5, 0.6) is 0 Å². The Labute approximate surface area is 70.0 Å². The van der Waals surface area contributed by atoms with Gasteiger partial charge in [0.2, 0.25) is 0 Å². The summed E-state index contributed by atoms with van der Waals surface area (Å²) in [5.74, 6) is 1.23. The lowest BCUT2D eigenvalue weighted by molar-refractivity contribution is 0.755. The summed E-state index contributed by atoms with van der Waals surface area (Å²) < 4.78 is 2.18. The van der Waals surface area contributed by atoms with Gasteiger partial charge in [-0.15, -0.1) is 0 Å². The number of aliphatic imine (C=N–C) groups is 1. The van der Waals surface area contributed by atoms with Crippen LogP contribution in [-0.4, -0.2) is 29.5 Å². The summed E-state index contributed by atoms with van der Waals surface area (Å²) >= 11 is 0. The summed E-state index contributed by atoms with van der Waals surface area (Å²) in [6.45, 7) is 4.26. The highest BCUT2D eigenvalue weighted by atomic mass is 33.1. The Morgan fingerprint density at radius 1 is 1.70 bits per heavy atom. The first-order valence-electron chi connectivity index (χ1n) is 3.49. The molecule has 0 fully saturated rings. The van der Waals surface area contributed by atoms with E-state index >= 15 is 0 Å². The van der Waals surface area contributed by atoms with Gasteiger partial charge in [-0.1, -0.05) is 17.7 Å². The summed E-state index contributed by atoms with van der Waals surface area (Å²) in [6.07, 6.45) is 3.18. The Bertz CT molecular complexity index is 116. The van der Waals surface area contributed by atoms with Crippen molar-refractivity contribution in [3.05, 3.63) is 0 Å². The largest absolute Gasteiger partial charge is 0.296 e. The van der Waals surface area contributed by atoms with E-state index in [1.807, 2.05) is 28.1 Å². The third kappa shape index (κ3) is 2.84. The Hall–Kier alpha value is 0.170. The zero-order valence-electron chi connectivity index (χ0n) is 6.12. The molecule has 0 radical (unpaired) electrons. The molecule has 0 aromatic heterocycles. The fourth-order valence-electron chi connectivity index (χ4n) is 0.608. The lowest BCUT2D eigenvalue weighted by Crippen LogP contribution is -2.07. The van der Waals surface area contributed by atoms with Crippen molar-refractivity contribution >= 4 is 28.1 Å². The molecule has 1 rings (SSSR count). The third-order valence-electron chi connectivity index (χ3n) is 1.10. The molecule has 0 aromatic rings. The smallest absolute Gasteiger partial charge is 0.0957 e. The zero-order valence-corrected chi connectivity index (χ0v) is 7.75. The zero-order chi connectivity index (χ0) is 7.23. The van der Waals surface area contributed by atoms with Gasteiger partial charge in [-0.3, -0.25) is 9.30 Å². The summed E-state index contributed by atoms with van der Waals surface area (Å²) in [4.78, 5) is 4.11. The Morgan fingerprint density at radius 2 is 2.60 bits per heavy atom. The lowest BCUT2D eigenvalue weighted by Gasteiger charge is -2.09. The van der Waals surface area contributed by atoms with E-state index in [2.05, 4.69) is 16.2 Å². The number of hydrogen-bond donors (Lipinski definition) is 0. The molecule has 0 spiro atoms. The van der Waals surface area contributed by atoms with Crippen LogP contribution >= 0.6 is 21.8 Å². The molecule has 0 saturated heterocycles. The maximum atomic E-state index is 4.11. The summed E-state index contributed by atoms with van der Waals surface area (Å²) in [7, 11) is 3.71. The standard InChI is InChI=1S/C6H12N2S2/c1-2-5-9-10-8-4-3-7-6-8/h6H,2-5H2,1H3. The van der Waals surface area contributed by atoms with Gasteiger partial charge in [0.05, 0.1) is 19.4 Å². The Morgan fingerprint density at radius 3 is 3.20 bits per heavy atom. The first-order chi connectivity index (χ1) is 4.93. The monoisotopic (exact) mass is 176 g/mol. The van der Waals surface area contributed by atoms with Crippen LogP contribution in [0.25, 0.3) is 0 Å². The van der Waals surface area contributed by atoms with Crippen molar-refractivity contribution in [1.29, 1.82) is 0 Å². The number of nitrogens with zero attached hydrogens (tertiary/aromatic N) is 2. The molecular formula is C6H12N2S2. The highest BCUT2D eigenvalue weighted by molar-refractivity contribution is 8.75. The predicted octanol–water partition coefficient (Wildman–Crippen LogP) is 2.04. The fraction of sp³-hybridized carbons (Fsp3) is 0.833. The van der Waals surface area contributed by atoms with Crippen molar-refractivity contribution in [2.45, 2.75) is 13.3 Å². The minimum atomic E-state index is 0.972. The topological polar surface area (TPSA) is 15.6 Å². The third-order valence-corrected chi connectivity index (χ3v) is 3.64. The Kier molecular flexibility index (Phi) is 4.06. The van der Waals surface area contributed by atoms with Gasteiger partial charge in [-0.2, -0.15) is 0 Å². The van der Waals surface area contributed by atoms with E-state index in [0.29, 0.717) is 0 Å². The van der Waals surface area contributed by atoms with Gasteiger partial charge in [0.1, 0.15) is 0 Å². The molecule has 0 bridgehead atoms. The van der Waals surface area contributed by atoms with Gasteiger partial charge in [0.15, 0.2) is 0 Å². The summed E-state index contributed by atoms with van der Waals surface area (Å²) in [6, 6.07) is 0. The molecule has 2 nitrogen and oxygen atoms in total. The first kappa shape index (κ1) is 8.27. The molecule has 0 aromatic carbocycles. The van der Waals surface area contributed by atoms with Gasteiger partial charge in [-0.05, 0) is 6.42 Å². The van der Waals surface area contributed by atoms with Crippen LogP contribution in [0.1, 0.15) is 13.3 Å². The lowest BCUT2D eigenvalue weighted by atomic mass is 10.6. The molecule has 1 aliphatic rings. The van der Waals surface area contributed by atoms with E-state index < -0.39 is 0 Å². The van der Waals surface area contributed by atoms with Crippen LogP contribution in [0.3, 0.4) is 0 Å². The number of hydrogen-bond acceptors (Lipinski definition) is 4. The van der Waals surface area contributed by atoms with E-state index in [-0.39, 0.29) is 0 Å². The van der Waals surface area contributed by atoms with Gasteiger partial charge in [0, 0.05) is 16.7 Å². The van der Waals surface area contributed by atoms with Crippen molar-refractivity contribution in [1.82, 2.24) is 4.31 Å². The summed E-state index contributed by atoms with van der Waals surface area (Å²) in [5, 5.41) is 0. The average Bonchev–Trinajstić information content (AvgIpc) is 2.41. The minimum Gasteiger partial charge on any atom is -0.296 e. The van der Waals surface area contributed by atoms with Crippen LogP contribution in [0.2, 0.25) is 0 Å². The molecule has 1 heterocycles. The van der Waals surface area contributed by atoms with Gasteiger partial charge >= 0.3 is 0 Å². The molecule has 0 N–H and O–H groups in total. The maximum absolute atomic E-state index is 4.11. The molecule has 0 amide bonds. The second-order valence-electron chi connectivity index (χ2n) is 2.06. The van der Waals surface area contributed by atoms with E-state index in [1.165, 1.54) is 12.2 Å². The van der Waals surface area contributed by atoms with E-state index in [4.69, 9.17) is 0 Å². The van der Waals surface area contributed by atoms with Crippen LogP contribution in [0.4, 0.5) is 0 Å². The van der Waals surface area contributed by atoms with E-state index in [0.717, 1.165) is 13.1 Å². The normalized spacial score (nSPS) is 16.7. The Balaban J connectivity index is 1.97. The van der Waals surface area contributed by atoms with Crippen LogP contribution < -0.4 is 0 Å². The van der Waals surface area contributed by atoms with Crippen molar-refractivity contribution < 1.29 is 0 Å².